The largest absolute Gasteiger partial charge is 0.475 e. The molecule has 0 amide bonds. The van der Waals surface area contributed by atoms with Crippen molar-refractivity contribution in [2.24, 2.45) is 0 Å². The van der Waals surface area contributed by atoms with E-state index >= 15 is 0 Å². The van der Waals surface area contributed by atoms with Crippen LogP contribution in [0.25, 0.3) is 0 Å². The van der Waals surface area contributed by atoms with Crippen molar-refractivity contribution >= 4 is 17.6 Å². The predicted octanol–water partition coefficient (Wildman–Crippen LogP) is 0.891. The summed E-state index contributed by atoms with van der Waals surface area (Å²) in [4.78, 5) is 34.3. The van der Waals surface area contributed by atoms with Crippen molar-refractivity contribution in [1.29, 1.82) is 0 Å². The molecule has 0 aliphatic rings. The van der Waals surface area contributed by atoms with Crippen molar-refractivity contribution in [3.63, 3.8) is 0 Å². The van der Waals surface area contributed by atoms with E-state index in [9.17, 15) is 19.7 Å². The summed E-state index contributed by atoms with van der Waals surface area (Å²) in [6, 6.07) is 1.94. The van der Waals surface area contributed by atoms with Gasteiger partial charge in [0.15, 0.2) is 5.78 Å². The SMILES string of the molecule is CC(=O)c1cc(C(=O)O)nc([N+](=O)[O-])c1. The molecule has 7 heteroatoms. The number of carboxylic acids is 1. The van der Waals surface area contributed by atoms with Gasteiger partial charge in [0.1, 0.15) is 0 Å². The Hall–Kier alpha value is -2.31. The lowest BCUT2D eigenvalue weighted by atomic mass is 10.1. The molecule has 0 aliphatic carbocycles. The van der Waals surface area contributed by atoms with Crippen LogP contribution in [0.4, 0.5) is 5.82 Å². The molecule has 0 aromatic carbocycles. The van der Waals surface area contributed by atoms with E-state index in [1.54, 1.807) is 0 Å². The minimum Gasteiger partial charge on any atom is -0.475 e. The van der Waals surface area contributed by atoms with Gasteiger partial charge in [-0.05, 0) is 16.8 Å². The molecule has 0 unspecified atom stereocenters. The van der Waals surface area contributed by atoms with Crippen molar-refractivity contribution in [3.05, 3.63) is 33.5 Å². The van der Waals surface area contributed by atoms with Gasteiger partial charge in [-0.15, -0.1) is 0 Å². The van der Waals surface area contributed by atoms with Gasteiger partial charge in [0.2, 0.25) is 0 Å². The van der Waals surface area contributed by atoms with Crippen molar-refractivity contribution in [2.45, 2.75) is 6.92 Å². The Bertz CT molecular complexity index is 375. The average Bonchev–Trinajstić information content (AvgIpc) is 2.16. The molecule has 0 fully saturated rings. The van der Waals surface area contributed by atoms with Gasteiger partial charge >= 0.3 is 11.8 Å². The quantitative estimate of drug-likeness (QED) is 0.450. The van der Waals surface area contributed by atoms with E-state index in [4.69, 9.17) is 5.11 Å². The molecular weight excluding hydrogens is 204 g/mol. The average molecular weight is 210 g/mol. The molecule has 1 heterocycles. The molecule has 0 radical (unpaired) electrons. The summed E-state index contributed by atoms with van der Waals surface area (Å²) in [7, 11) is 0. The zero-order valence-corrected chi connectivity index (χ0v) is 7.63. The van der Waals surface area contributed by atoms with Gasteiger partial charge in [0.25, 0.3) is 5.69 Å². The van der Waals surface area contributed by atoms with Crippen LogP contribution in [0.5, 0.6) is 0 Å². The first-order valence-electron chi connectivity index (χ1n) is 3.82. The van der Waals surface area contributed by atoms with Gasteiger partial charge < -0.3 is 15.2 Å². The maximum atomic E-state index is 11.0. The van der Waals surface area contributed by atoms with Crippen molar-refractivity contribution in [1.82, 2.24) is 4.98 Å². The molecule has 0 atom stereocenters. The van der Waals surface area contributed by atoms with E-state index in [0.29, 0.717) is 0 Å². The Labute approximate surface area is 83.5 Å². The molecule has 1 N–H and O–H groups in total. The molecule has 0 aliphatic heterocycles. The Balaban J connectivity index is 3.39. The number of carboxylic acid groups (broad SMARTS) is 1. The Kier molecular flexibility index (Phi) is 2.75. The Morgan fingerprint density at radius 3 is 2.47 bits per heavy atom. The second kappa shape index (κ2) is 3.82. The fourth-order valence-corrected chi connectivity index (χ4v) is 0.922. The van der Waals surface area contributed by atoms with Crippen LogP contribution in [0.1, 0.15) is 27.8 Å². The summed E-state index contributed by atoms with van der Waals surface area (Å²) in [6.45, 7) is 1.19. The first kappa shape index (κ1) is 10.8. The molecular formula is C8H6N2O5. The monoisotopic (exact) mass is 210 g/mol. The number of nitrogens with zero attached hydrogens (tertiary/aromatic N) is 2. The number of hydrogen-bond acceptors (Lipinski definition) is 5. The summed E-state index contributed by atoms with van der Waals surface area (Å²) >= 11 is 0. The summed E-state index contributed by atoms with van der Waals surface area (Å²) < 4.78 is 0. The number of hydrogen-bond donors (Lipinski definition) is 1. The number of aromatic carboxylic acids is 1. The van der Waals surface area contributed by atoms with Crippen LogP contribution in [0.3, 0.4) is 0 Å². The van der Waals surface area contributed by atoms with Gasteiger partial charge in [-0.1, -0.05) is 0 Å². The van der Waals surface area contributed by atoms with Crippen LogP contribution in [0, 0.1) is 10.1 Å². The van der Waals surface area contributed by atoms with Crippen LogP contribution in [-0.2, 0) is 0 Å². The zero-order chi connectivity index (χ0) is 11.6. The summed E-state index contributed by atoms with van der Waals surface area (Å²) in [5, 5.41) is 19.0. The first-order valence-corrected chi connectivity index (χ1v) is 3.82. The highest BCUT2D eigenvalue weighted by Crippen LogP contribution is 2.13. The van der Waals surface area contributed by atoms with Gasteiger partial charge in [0, 0.05) is 17.7 Å². The molecule has 0 saturated heterocycles. The molecule has 78 valence electrons. The lowest BCUT2D eigenvalue weighted by molar-refractivity contribution is -0.389. The summed E-state index contributed by atoms with van der Waals surface area (Å²) in [6.07, 6.45) is 0. The molecule has 1 rings (SSSR count). The van der Waals surface area contributed by atoms with Crippen LogP contribution >= 0.6 is 0 Å². The molecule has 15 heavy (non-hydrogen) atoms. The van der Waals surface area contributed by atoms with E-state index in [0.717, 1.165) is 12.1 Å². The number of carbonyl (C=O) groups is 2. The third kappa shape index (κ3) is 2.33. The molecule has 1 aromatic rings. The fourth-order valence-electron chi connectivity index (χ4n) is 0.922. The van der Waals surface area contributed by atoms with Crippen LogP contribution in [0.2, 0.25) is 0 Å². The van der Waals surface area contributed by atoms with E-state index in [1.807, 2.05) is 0 Å². The number of ketones is 1. The van der Waals surface area contributed by atoms with E-state index in [1.165, 1.54) is 6.92 Å². The second-order valence-electron chi connectivity index (χ2n) is 2.72. The normalized spacial score (nSPS) is 9.67. The highest BCUT2D eigenvalue weighted by molar-refractivity contribution is 5.97. The third-order valence-corrected chi connectivity index (χ3v) is 1.62. The molecule has 0 bridgehead atoms. The minimum atomic E-state index is -1.42. The van der Waals surface area contributed by atoms with E-state index in [2.05, 4.69) is 4.98 Å². The van der Waals surface area contributed by atoms with E-state index < -0.39 is 28.2 Å². The summed E-state index contributed by atoms with van der Waals surface area (Å²) in [5.74, 6) is -2.52. The third-order valence-electron chi connectivity index (χ3n) is 1.62. The molecule has 1 aromatic heterocycles. The van der Waals surface area contributed by atoms with Crippen LogP contribution < -0.4 is 0 Å². The molecule has 7 nitrogen and oxygen atoms in total. The number of pyridine rings is 1. The molecule has 0 spiro atoms. The predicted molar refractivity (Wildman–Crippen MR) is 47.9 cm³/mol. The van der Waals surface area contributed by atoms with Crippen molar-refractivity contribution in [2.75, 3.05) is 0 Å². The molecule has 0 saturated carbocycles. The number of carbonyl (C=O) groups excluding carboxylic acids is 1. The maximum absolute atomic E-state index is 11.0. The number of aromatic nitrogens is 1. The van der Waals surface area contributed by atoms with Gasteiger partial charge in [-0.25, -0.2) is 4.79 Å². The van der Waals surface area contributed by atoms with Crippen molar-refractivity contribution in [3.8, 4) is 0 Å². The highest BCUT2D eigenvalue weighted by Gasteiger charge is 2.19. The van der Waals surface area contributed by atoms with Gasteiger partial charge in [-0.3, -0.25) is 4.79 Å². The van der Waals surface area contributed by atoms with Crippen molar-refractivity contribution < 1.29 is 19.6 Å². The van der Waals surface area contributed by atoms with Gasteiger partial charge in [-0.2, -0.15) is 0 Å². The van der Waals surface area contributed by atoms with Gasteiger partial charge in [0.05, 0.1) is 0 Å². The lowest BCUT2D eigenvalue weighted by Crippen LogP contribution is -2.06. The van der Waals surface area contributed by atoms with E-state index in [-0.39, 0.29) is 5.56 Å². The summed E-state index contributed by atoms with van der Waals surface area (Å²) in [5.41, 5.74) is -0.566. The number of rotatable bonds is 3. The lowest BCUT2D eigenvalue weighted by Gasteiger charge is -1.96. The second-order valence-corrected chi connectivity index (χ2v) is 2.72. The first-order chi connectivity index (χ1) is 6.91. The number of Topliss-reactive ketones (excluding diaryl/α,β-unsaturated/α-hetero) is 1. The maximum Gasteiger partial charge on any atom is 0.380 e. The van der Waals surface area contributed by atoms with Crippen LogP contribution in [-0.4, -0.2) is 26.8 Å². The number of nitro groups is 1. The van der Waals surface area contributed by atoms with Crippen LogP contribution in [0.15, 0.2) is 12.1 Å². The Morgan fingerprint density at radius 2 is 2.07 bits per heavy atom. The fraction of sp³-hybridized carbons (Fsp3) is 0.125. The highest BCUT2D eigenvalue weighted by atomic mass is 16.6. The topological polar surface area (TPSA) is 110 Å². The smallest absolute Gasteiger partial charge is 0.380 e. The Morgan fingerprint density at radius 1 is 1.47 bits per heavy atom. The minimum absolute atomic E-state index is 0.0471. The zero-order valence-electron chi connectivity index (χ0n) is 7.63. The standard InChI is InChI=1S/C8H6N2O5/c1-4(11)5-2-6(8(12)13)9-7(3-5)10(14)15/h2-3H,1H3,(H,12,13).